The van der Waals surface area contributed by atoms with Crippen LogP contribution in [-0.4, -0.2) is 22.1 Å². The highest BCUT2D eigenvalue weighted by atomic mass is 16.5. The highest BCUT2D eigenvalue weighted by Gasteiger charge is 2.15. The topological polar surface area (TPSA) is 99.9 Å². The molecule has 6 nitrogen and oxygen atoms in total. The summed E-state index contributed by atoms with van der Waals surface area (Å²) in [7, 11) is 1.59. The molecule has 6 heteroatoms. The van der Waals surface area contributed by atoms with E-state index in [-0.39, 0.29) is 11.8 Å². The van der Waals surface area contributed by atoms with Crippen molar-refractivity contribution in [3.05, 3.63) is 59.9 Å². The molecule has 0 bridgehead atoms. The van der Waals surface area contributed by atoms with Gasteiger partial charge in [-0.25, -0.2) is 4.98 Å². The van der Waals surface area contributed by atoms with Crippen LogP contribution in [-0.2, 0) is 0 Å². The van der Waals surface area contributed by atoms with Crippen molar-refractivity contribution in [2.45, 2.75) is 0 Å². The van der Waals surface area contributed by atoms with E-state index >= 15 is 0 Å². The Morgan fingerprint density at radius 1 is 1.00 bits per heavy atom. The van der Waals surface area contributed by atoms with Crippen LogP contribution in [0.2, 0.25) is 0 Å². The number of para-hydroxylation sites is 1. The molecular weight excluding hydrogens is 302 g/mol. The molecule has 118 valence electrons. The minimum atomic E-state index is 0.0836. The number of ether oxygens (including phenoxy) is 1. The zero-order chi connectivity index (χ0) is 16.9. The van der Waals surface area contributed by atoms with Crippen molar-refractivity contribution in [2.75, 3.05) is 18.6 Å². The molecule has 1 aromatic carbocycles. The van der Waals surface area contributed by atoms with Crippen molar-refractivity contribution in [3.63, 3.8) is 0 Å². The van der Waals surface area contributed by atoms with Crippen LogP contribution in [0.4, 0.5) is 11.8 Å². The fourth-order valence-electron chi connectivity index (χ4n) is 2.23. The van der Waals surface area contributed by atoms with E-state index in [2.05, 4.69) is 26.8 Å². The number of nitrogens with zero attached hydrogens (tertiary/aromatic N) is 3. The summed E-state index contributed by atoms with van der Waals surface area (Å²) < 4.78 is 5.40. The molecule has 3 aromatic rings. The SMILES string of the molecule is COc1ccccc1-c1nc(N)nc(N)c1C#Cc1cccnc1. The van der Waals surface area contributed by atoms with Crippen LogP contribution in [0.5, 0.6) is 5.75 Å². The smallest absolute Gasteiger partial charge is 0.222 e. The van der Waals surface area contributed by atoms with E-state index in [4.69, 9.17) is 16.2 Å². The number of aromatic nitrogens is 3. The highest BCUT2D eigenvalue weighted by Crippen LogP contribution is 2.32. The molecule has 0 atom stereocenters. The molecule has 0 amide bonds. The molecule has 0 unspecified atom stereocenters. The Hall–Kier alpha value is -3.59. The molecule has 0 aliphatic carbocycles. The molecule has 0 aliphatic rings. The van der Waals surface area contributed by atoms with Crippen molar-refractivity contribution in [2.24, 2.45) is 0 Å². The van der Waals surface area contributed by atoms with Crippen molar-refractivity contribution in [1.82, 2.24) is 15.0 Å². The van der Waals surface area contributed by atoms with Crippen LogP contribution in [0.15, 0.2) is 48.8 Å². The van der Waals surface area contributed by atoms with E-state index in [0.29, 0.717) is 17.0 Å². The van der Waals surface area contributed by atoms with Gasteiger partial charge in [0.15, 0.2) is 0 Å². The molecular formula is C18H15N5O. The van der Waals surface area contributed by atoms with Gasteiger partial charge in [0.05, 0.1) is 18.4 Å². The minimum absolute atomic E-state index is 0.0836. The van der Waals surface area contributed by atoms with E-state index in [1.807, 2.05) is 36.4 Å². The lowest BCUT2D eigenvalue weighted by Gasteiger charge is -2.11. The lowest BCUT2D eigenvalue weighted by atomic mass is 10.0. The standard InChI is InChI=1S/C18H15N5O/c1-24-15-7-3-2-6-13(15)16-14(17(19)23-18(20)22-16)9-8-12-5-4-10-21-11-12/h2-7,10-11H,1H3,(H4,19,20,22,23). The van der Waals surface area contributed by atoms with Gasteiger partial charge in [-0.15, -0.1) is 0 Å². The number of hydrogen-bond acceptors (Lipinski definition) is 6. The van der Waals surface area contributed by atoms with Gasteiger partial charge in [0, 0.05) is 23.5 Å². The molecule has 3 rings (SSSR count). The monoisotopic (exact) mass is 317 g/mol. The first-order valence-electron chi connectivity index (χ1n) is 7.17. The van der Waals surface area contributed by atoms with Gasteiger partial charge in [0.2, 0.25) is 5.95 Å². The Balaban J connectivity index is 2.18. The second kappa shape index (κ2) is 6.67. The number of benzene rings is 1. The molecule has 2 aromatic heterocycles. The van der Waals surface area contributed by atoms with E-state index < -0.39 is 0 Å². The minimum Gasteiger partial charge on any atom is -0.496 e. The van der Waals surface area contributed by atoms with Crippen LogP contribution < -0.4 is 16.2 Å². The fraction of sp³-hybridized carbons (Fsp3) is 0.0556. The van der Waals surface area contributed by atoms with E-state index in [9.17, 15) is 0 Å². The number of methoxy groups -OCH3 is 1. The zero-order valence-corrected chi connectivity index (χ0v) is 13.0. The summed E-state index contributed by atoms with van der Waals surface area (Å²) in [5.41, 5.74) is 14.3. The van der Waals surface area contributed by atoms with E-state index in [1.165, 1.54) is 0 Å². The highest BCUT2D eigenvalue weighted by molar-refractivity contribution is 5.78. The second-order valence-electron chi connectivity index (χ2n) is 4.88. The largest absolute Gasteiger partial charge is 0.496 e. The lowest BCUT2D eigenvalue weighted by Crippen LogP contribution is -2.05. The maximum absolute atomic E-state index is 6.03. The van der Waals surface area contributed by atoms with E-state index in [1.54, 1.807) is 19.5 Å². The Kier molecular flexibility index (Phi) is 4.25. The first-order chi connectivity index (χ1) is 11.7. The van der Waals surface area contributed by atoms with Gasteiger partial charge in [-0.05, 0) is 24.3 Å². The fourth-order valence-corrected chi connectivity index (χ4v) is 2.23. The van der Waals surface area contributed by atoms with Gasteiger partial charge < -0.3 is 16.2 Å². The summed E-state index contributed by atoms with van der Waals surface area (Å²) in [5, 5.41) is 0. The molecule has 0 saturated heterocycles. The van der Waals surface area contributed by atoms with Gasteiger partial charge in [0.25, 0.3) is 0 Å². The zero-order valence-electron chi connectivity index (χ0n) is 13.0. The third-order valence-corrected chi connectivity index (χ3v) is 3.31. The maximum Gasteiger partial charge on any atom is 0.222 e. The Bertz CT molecular complexity index is 929. The molecule has 0 spiro atoms. The summed E-state index contributed by atoms with van der Waals surface area (Å²) in [6.45, 7) is 0. The Morgan fingerprint density at radius 3 is 2.58 bits per heavy atom. The first-order valence-corrected chi connectivity index (χ1v) is 7.17. The summed E-state index contributed by atoms with van der Waals surface area (Å²) in [4.78, 5) is 12.4. The van der Waals surface area contributed by atoms with Crippen LogP contribution in [0.25, 0.3) is 11.3 Å². The van der Waals surface area contributed by atoms with Gasteiger partial charge in [-0.2, -0.15) is 4.98 Å². The predicted molar refractivity (Wildman–Crippen MR) is 93.1 cm³/mol. The van der Waals surface area contributed by atoms with Crippen LogP contribution >= 0.6 is 0 Å². The number of pyridine rings is 1. The third-order valence-electron chi connectivity index (χ3n) is 3.31. The maximum atomic E-state index is 6.03. The van der Waals surface area contributed by atoms with Crippen LogP contribution in [0.3, 0.4) is 0 Å². The van der Waals surface area contributed by atoms with Gasteiger partial charge in [-0.1, -0.05) is 24.0 Å². The Labute approximate surface area is 139 Å². The summed E-state index contributed by atoms with van der Waals surface area (Å²) >= 11 is 0. The average molecular weight is 317 g/mol. The first kappa shape index (κ1) is 15.3. The van der Waals surface area contributed by atoms with Gasteiger partial charge in [-0.3, -0.25) is 4.98 Å². The summed E-state index contributed by atoms with van der Waals surface area (Å²) in [5.74, 6) is 7.00. The number of nitrogens with two attached hydrogens (primary N) is 2. The molecule has 24 heavy (non-hydrogen) atoms. The van der Waals surface area contributed by atoms with Gasteiger partial charge in [0.1, 0.15) is 11.6 Å². The molecule has 0 fully saturated rings. The van der Waals surface area contributed by atoms with Crippen molar-refractivity contribution < 1.29 is 4.74 Å². The van der Waals surface area contributed by atoms with Crippen molar-refractivity contribution in [3.8, 4) is 28.8 Å². The molecule has 0 aliphatic heterocycles. The summed E-state index contributed by atoms with van der Waals surface area (Å²) in [6.07, 6.45) is 3.36. The molecule has 0 saturated carbocycles. The number of rotatable bonds is 2. The summed E-state index contributed by atoms with van der Waals surface area (Å²) in [6, 6.07) is 11.1. The van der Waals surface area contributed by atoms with Crippen LogP contribution in [0.1, 0.15) is 11.1 Å². The molecule has 4 N–H and O–H groups in total. The molecule has 0 radical (unpaired) electrons. The average Bonchev–Trinajstić information content (AvgIpc) is 2.61. The lowest BCUT2D eigenvalue weighted by molar-refractivity contribution is 0.416. The third kappa shape index (κ3) is 3.10. The van der Waals surface area contributed by atoms with E-state index in [0.717, 1.165) is 11.1 Å². The predicted octanol–water partition coefficient (Wildman–Crippen LogP) is 2.11. The normalized spacial score (nSPS) is 9.88. The van der Waals surface area contributed by atoms with Gasteiger partial charge >= 0.3 is 0 Å². The number of hydrogen-bond donors (Lipinski definition) is 2. The number of anilines is 2. The molecule has 2 heterocycles. The van der Waals surface area contributed by atoms with Crippen molar-refractivity contribution >= 4 is 11.8 Å². The van der Waals surface area contributed by atoms with Crippen LogP contribution in [0, 0.1) is 11.8 Å². The second-order valence-corrected chi connectivity index (χ2v) is 4.88. The Morgan fingerprint density at radius 2 is 1.83 bits per heavy atom. The number of nitrogen functional groups attached to an aromatic ring is 2. The van der Waals surface area contributed by atoms with Crippen molar-refractivity contribution in [1.29, 1.82) is 0 Å². The quantitative estimate of drug-likeness (QED) is 0.702.